The van der Waals surface area contributed by atoms with Gasteiger partial charge in [0.1, 0.15) is 5.69 Å². The van der Waals surface area contributed by atoms with E-state index in [1.54, 1.807) is 12.1 Å². The standard InChI is InChI=1S/C11H17N3O4/c1-2-17-5-6-18-8-9-3-4-10(13-12)11(7-9)14(15)16/h3-4,7,13H,2,5-6,8,12H2,1H3. The number of nitrogens with zero attached hydrogens (tertiary/aromatic N) is 1. The number of nitrogen functional groups attached to an aromatic ring is 1. The molecule has 7 heteroatoms. The molecule has 0 fully saturated rings. The first kappa shape index (κ1) is 14.4. The van der Waals surface area contributed by atoms with Gasteiger partial charge in [-0.2, -0.15) is 0 Å². The van der Waals surface area contributed by atoms with Crippen LogP contribution in [0.4, 0.5) is 11.4 Å². The van der Waals surface area contributed by atoms with Crippen molar-refractivity contribution in [3.05, 3.63) is 33.9 Å². The fourth-order valence-corrected chi connectivity index (χ4v) is 1.39. The number of nitrogens with two attached hydrogens (primary N) is 1. The number of rotatable bonds is 8. The van der Waals surface area contributed by atoms with Crippen molar-refractivity contribution < 1.29 is 14.4 Å². The number of nitro groups is 1. The monoisotopic (exact) mass is 255 g/mol. The third-order valence-corrected chi connectivity index (χ3v) is 2.26. The van der Waals surface area contributed by atoms with Crippen molar-refractivity contribution in [2.24, 2.45) is 5.84 Å². The SMILES string of the molecule is CCOCCOCc1ccc(NN)c([N+](=O)[O-])c1. The van der Waals surface area contributed by atoms with Crippen LogP contribution in [0.3, 0.4) is 0 Å². The first-order chi connectivity index (χ1) is 8.69. The quantitative estimate of drug-likeness (QED) is 0.315. The lowest BCUT2D eigenvalue weighted by molar-refractivity contribution is -0.384. The number of nitro benzene ring substituents is 1. The molecule has 0 amide bonds. The van der Waals surface area contributed by atoms with Gasteiger partial charge in [-0.25, -0.2) is 0 Å². The summed E-state index contributed by atoms with van der Waals surface area (Å²) < 4.78 is 10.4. The molecule has 1 aromatic rings. The van der Waals surface area contributed by atoms with Crippen molar-refractivity contribution in [3.8, 4) is 0 Å². The minimum atomic E-state index is -0.487. The zero-order chi connectivity index (χ0) is 13.4. The zero-order valence-electron chi connectivity index (χ0n) is 10.2. The number of hydrogen-bond donors (Lipinski definition) is 2. The van der Waals surface area contributed by atoms with Crippen LogP contribution in [-0.4, -0.2) is 24.7 Å². The lowest BCUT2D eigenvalue weighted by Gasteiger charge is -2.06. The normalized spacial score (nSPS) is 10.3. The average Bonchev–Trinajstić information content (AvgIpc) is 2.38. The van der Waals surface area contributed by atoms with Crippen LogP contribution in [0.1, 0.15) is 12.5 Å². The molecule has 7 nitrogen and oxygen atoms in total. The molecule has 0 saturated carbocycles. The summed E-state index contributed by atoms with van der Waals surface area (Å²) in [4.78, 5) is 10.3. The Morgan fingerprint density at radius 1 is 1.39 bits per heavy atom. The fraction of sp³-hybridized carbons (Fsp3) is 0.455. The van der Waals surface area contributed by atoms with E-state index in [-0.39, 0.29) is 11.4 Å². The van der Waals surface area contributed by atoms with Crippen LogP contribution >= 0.6 is 0 Å². The Bertz CT molecular complexity index is 398. The summed E-state index contributed by atoms with van der Waals surface area (Å²) in [6.07, 6.45) is 0. The maximum absolute atomic E-state index is 10.8. The van der Waals surface area contributed by atoms with Gasteiger partial charge in [0, 0.05) is 12.7 Å². The highest BCUT2D eigenvalue weighted by atomic mass is 16.6. The van der Waals surface area contributed by atoms with Crippen LogP contribution in [0.5, 0.6) is 0 Å². The minimum Gasteiger partial charge on any atom is -0.379 e. The molecule has 100 valence electrons. The number of anilines is 1. The third kappa shape index (κ3) is 4.28. The summed E-state index contributed by atoms with van der Waals surface area (Å²) in [5, 5.41) is 10.8. The molecule has 0 bridgehead atoms. The first-order valence-electron chi connectivity index (χ1n) is 5.58. The first-order valence-corrected chi connectivity index (χ1v) is 5.58. The molecule has 0 saturated heterocycles. The van der Waals surface area contributed by atoms with Crippen molar-refractivity contribution in [2.75, 3.05) is 25.2 Å². The van der Waals surface area contributed by atoms with Gasteiger partial charge in [0.05, 0.1) is 24.7 Å². The zero-order valence-corrected chi connectivity index (χ0v) is 10.2. The Hall–Kier alpha value is -1.70. The second kappa shape index (κ2) is 7.59. The molecule has 0 atom stereocenters. The molecular formula is C11H17N3O4. The molecule has 0 aromatic heterocycles. The van der Waals surface area contributed by atoms with Crippen LogP contribution in [-0.2, 0) is 16.1 Å². The van der Waals surface area contributed by atoms with E-state index in [1.807, 2.05) is 6.92 Å². The van der Waals surface area contributed by atoms with Crippen LogP contribution < -0.4 is 11.3 Å². The predicted octanol–water partition coefficient (Wildman–Crippen LogP) is 1.43. The largest absolute Gasteiger partial charge is 0.379 e. The van der Waals surface area contributed by atoms with E-state index in [1.165, 1.54) is 6.07 Å². The fourth-order valence-electron chi connectivity index (χ4n) is 1.39. The van der Waals surface area contributed by atoms with E-state index >= 15 is 0 Å². The lowest BCUT2D eigenvalue weighted by atomic mass is 10.2. The summed E-state index contributed by atoms with van der Waals surface area (Å²) in [7, 11) is 0. The average molecular weight is 255 g/mol. The van der Waals surface area contributed by atoms with Crippen molar-refractivity contribution in [2.45, 2.75) is 13.5 Å². The van der Waals surface area contributed by atoms with Crippen molar-refractivity contribution in [1.82, 2.24) is 0 Å². The molecule has 18 heavy (non-hydrogen) atoms. The second-order valence-electron chi connectivity index (χ2n) is 3.50. The second-order valence-corrected chi connectivity index (χ2v) is 3.50. The Balaban J connectivity index is 2.56. The highest BCUT2D eigenvalue weighted by molar-refractivity contribution is 5.61. The molecule has 0 aliphatic carbocycles. The Kier molecular flexibility index (Phi) is 6.06. The van der Waals surface area contributed by atoms with Gasteiger partial charge in [-0.15, -0.1) is 0 Å². The summed E-state index contributed by atoms with van der Waals surface area (Å²) in [5.41, 5.74) is 3.21. The van der Waals surface area contributed by atoms with Gasteiger partial charge in [0.15, 0.2) is 0 Å². The topological polar surface area (TPSA) is 99.7 Å². The molecule has 0 aliphatic rings. The van der Waals surface area contributed by atoms with E-state index in [9.17, 15) is 10.1 Å². The van der Waals surface area contributed by atoms with E-state index < -0.39 is 4.92 Å². The van der Waals surface area contributed by atoms with E-state index in [0.717, 1.165) is 5.56 Å². The van der Waals surface area contributed by atoms with Crippen LogP contribution in [0.15, 0.2) is 18.2 Å². The van der Waals surface area contributed by atoms with Gasteiger partial charge in [-0.1, -0.05) is 6.07 Å². The number of hydrogen-bond acceptors (Lipinski definition) is 6. The summed E-state index contributed by atoms with van der Waals surface area (Å²) in [5.74, 6) is 5.19. The Labute approximate surface area is 105 Å². The van der Waals surface area contributed by atoms with Crippen LogP contribution in [0, 0.1) is 10.1 Å². The third-order valence-electron chi connectivity index (χ3n) is 2.26. The molecule has 0 unspecified atom stereocenters. The number of nitrogens with one attached hydrogen (secondary N) is 1. The number of hydrazine groups is 1. The minimum absolute atomic E-state index is 0.0663. The van der Waals surface area contributed by atoms with Gasteiger partial charge in [-0.3, -0.25) is 16.0 Å². The Morgan fingerprint density at radius 2 is 2.11 bits per heavy atom. The highest BCUT2D eigenvalue weighted by Gasteiger charge is 2.13. The van der Waals surface area contributed by atoms with E-state index in [0.29, 0.717) is 26.4 Å². The number of ether oxygens (including phenoxy) is 2. The molecular weight excluding hydrogens is 238 g/mol. The maximum Gasteiger partial charge on any atom is 0.294 e. The van der Waals surface area contributed by atoms with Crippen molar-refractivity contribution >= 4 is 11.4 Å². The van der Waals surface area contributed by atoms with Gasteiger partial charge in [-0.05, 0) is 18.6 Å². The van der Waals surface area contributed by atoms with Gasteiger partial charge in [0.2, 0.25) is 0 Å². The van der Waals surface area contributed by atoms with Crippen molar-refractivity contribution in [1.29, 1.82) is 0 Å². The summed E-state index contributed by atoms with van der Waals surface area (Å²) in [6.45, 7) is 3.83. The Morgan fingerprint density at radius 3 is 2.72 bits per heavy atom. The smallest absolute Gasteiger partial charge is 0.294 e. The summed E-state index contributed by atoms with van der Waals surface area (Å²) in [6, 6.07) is 4.72. The molecule has 3 N–H and O–H groups in total. The lowest BCUT2D eigenvalue weighted by Crippen LogP contribution is -2.09. The predicted molar refractivity (Wildman–Crippen MR) is 67.1 cm³/mol. The number of benzene rings is 1. The molecule has 0 spiro atoms. The van der Waals surface area contributed by atoms with Gasteiger partial charge >= 0.3 is 0 Å². The van der Waals surface area contributed by atoms with Crippen molar-refractivity contribution in [3.63, 3.8) is 0 Å². The molecule has 1 rings (SSSR count). The van der Waals surface area contributed by atoms with Crippen LogP contribution in [0.25, 0.3) is 0 Å². The molecule has 0 aliphatic heterocycles. The summed E-state index contributed by atoms with van der Waals surface area (Å²) >= 11 is 0. The molecule has 0 radical (unpaired) electrons. The highest BCUT2D eigenvalue weighted by Crippen LogP contribution is 2.24. The molecule has 1 aromatic carbocycles. The van der Waals surface area contributed by atoms with Gasteiger partial charge < -0.3 is 14.9 Å². The van der Waals surface area contributed by atoms with E-state index in [2.05, 4.69) is 5.43 Å². The molecule has 0 heterocycles. The maximum atomic E-state index is 10.8. The van der Waals surface area contributed by atoms with Crippen LogP contribution in [0.2, 0.25) is 0 Å². The van der Waals surface area contributed by atoms with E-state index in [4.69, 9.17) is 15.3 Å². The van der Waals surface area contributed by atoms with Gasteiger partial charge in [0.25, 0.3) is 5.69 Å².